The second-order valence-electron chi connectivity index (χ2n) is 7.35. The molecule has 28 heavy (non-hydrogen) atoms. The van der Waals surface area contributed by atoms with Gasteiger partial charge in [-0.1, -0.05) is 50.5 Å². The van der Waals surface area contributed by atoms with E-state index in [1.54, 1.807) is 31.2 Å². The molecule has 0 aliphatic carbocycles. The predicted molar refractivity (Wildman–Crippen MR) is 105 cm³/mol. The number of aryl methyl sites for hydroxylation is 1. The van der Waals surface area contributed by atoms with Gasteiger partial charge in [0, 0.05) is 5.56 Å². The van der Waals surface area contributed by atoms with E-state index in [0.29, 0.717) is 11.3 Å². The molecular formula is C22H26N2O4. The van der Waals surface area contributed by atoms with E-state index in [9.17, 15) is 14.4 Å². The second kappa shape index (κ2) is 8.42. The number of benzene rings is 1. The van der Waals surface area contributed by atoms with Crippen LogP contribution >= 0.6 is 0 Å². The molecule has 1 atom stereocenters. The minimum Gasteiger partial charge on any atom is -0.466 e. The van der Waals surface area contributed by atoms with Crippen LogP contribution in [0.15, 0.2) is 47.1 Å². The maximum Gasteiger partial charge on any atom is 0.325 e. The average Bonchev–Trinajstić information content (AvgIpc) is 3.30. The zero-order valence-electron chi connectivity index (χ0n) is 16.4. The molecule has 0 radical (unpaired) electrons. The predicted octanol–water partition coefficient (Wildman–Crippen LogP) is 4.05. The Bertz CT molecular complexity index is 842. The van der Waals surface area contributed by atoms with Crippen LogP contribution in [0, 0.1) is 0 Å². The van der Waals surface area contributed by atoms with Crippen molar-refractivity contribution in [3.05, 3.63) is 59.5 Å². The molecule has 1 saturated heterocycles. The molecule has 6 nitrogen and oxygen atoms in total. The maximum atomic E-state index is 12.8. The van der Waals surface area contributed by atoms with Crippen LogP contribution in [0.2, 0.25) is 0 Å². The molecule has 2 aromatic rings. The first-order valence-electron chi connectivity index (χ1n) is 9.76. The van der Waals surface area contributed by atoms with E-state index < -0.39 is 17.5 Å². The quantitative estimate of drug-likeness (QED) is 0.403. The summed E-state index contributed by atoms with van der Waals surface area (Å²) in [6.45, 7) is 3.46. The third kappa shape index (κ3) is 4.01. The number of unbranched alkanes of at least 4 members (excludes halogenated alkanes) is 3. The standard InChI is InChI=1S/C22H26N2O4/c1-3-4-5-6-8-16-10-12-17(13-11-16)18(25)15-24-20(26)22(2,23-21(24)27)19-9-7-14-28-19/h7,9-14H,3-6,8,15H2,1-2H3,(H,23,27). The largest absolute Gasteiger partial charge is 0.466 e. The van der Waals surface area contributed by atoms with Gasteiger partial charge in [0.2, 0.25) is 0 Å². The molecule has 1 aromatic carbocycles. The number of hydrogen-bond donors (Lipinski definition) is 1. The van der Waals surface area contributed by atoms with E-state index in [1.165, 1.54) is 31.1 Å². The number of nitrogens with zero attached hydrogens (tertiary/aromatic N) is 1. The topological polar surface area (TPSA) is 79.6 Å². The van der Waals surface area contributed by atoms with Crippen molar-refractivity contribution in [2.24, 2.45) is 0 Å². The third-order valence-corrected chi connectivity index (χ3v) is 5.19. The van der Waals surface area contributed by atoms with E-state index >= 15 is 0 Å². The van der Waals surface area contributed by atoms with Crippen molar-refractivity contribution in [3.8, 4) is 0 Å². The van der Waals surface area contributed by atoms with Crippen molar-refractivity contribution in [2.75, 3.05) is 6.54 Å². The number of rotatable bonds is 9. The Labute approximate surface area is 164 Å². The van der Waals surface area contributed by atoms with Crippen LogP contribution in [0.5, 0.6) is 0 Å². The van der Waals surface area contributed by atoms with Crippen molar-refractivity contribution < 1.29 is 18.8 Å². The summed E-state index contributed by atoms with van der Waals surface area (Å²) in [5.41, 5.74) is 0.390. The van der Waals surface area contributed by atoms with E-state index in [2.05, 4.69) is 12.2 Å². The molecule has 1 N–H and O–H groups in total. The van der Waals surface area contributed by atoms with Gasteiger partial charge in [-0.25, -0.2) is 4.79 Å². The van der Waals surface area contributed by atoms with Gasteiger partial charge in [-0.15, -0.1) is 0 Å². The summed E-state index contributed by atoms with van der Waals surface area (Å²) in [6.07, 6.45) is 7.21. The number of Topliss-reactive ketones (excluding diaryl/α,β-unsaturated/α-hetero) is 1. The third-order valence-electron chi connectivity index (χ3n) is 5.19. The van der Waals surface area contributed by atoms with Gasteiger partial charge in [0.05, 0.1) is 12.8 Å². The molecule has 0 bridgehead atoms. The lowest BCUT2D eigenvalue weighted by atomic mass is 9.99. The van der Waals surface area contributed by atoms with Crippen molar-refractivity contribution in [1.29, 1.82) is 0 Å². The van der Waals surface area contributed by atoms with Crippen molar-refractivity contribution in [3.63, 3.8) is 0 Å². The Morgan fingerprint density at radius 1 is 1.11 bits per heavy atom. The van der Waals surface area contributed by atoms with Gasteiger partial charge in [0.1, 0.15) is 5.76 Å². The van der Waals surface area contributed by atoms with E-state index in [1.807, 2.05) is 12.1 Å². The minimum absolute atomic E-state index is 0.273. The summed E-state index contributed by atoms with van der Waals surface area (Å²) >= 11 is 0. The van der Waals surface area contributed by atoms with Gasteiger partial charge in [-0.2, -0.15) is 0 Å². The van der Waals surface area contributed by atoms with Crippen LogP contribution in [-0.2, 0) is 16.8 Å². The zero-order chi connectivity index (χ0) is 20.1. The monoisotopic (exact) mass is 382 g/mol. The fourth-order valence-electron chi connectivity index (χ4n) is 3.42. The first-order valence-corrected chi connectivity index (χ1v) is 9.76. The van der Waals surface area contributed by atoms with Crippen LogP contribution in [0.25, 0.3) is 0 Å². The highest BCUT2D eigenvalue weighted by atomic mass is 16.3. The van der Waals surface area contributed by atoms with Crippen LogP contribution in [-0.4, -0.2) is 29.2 Å². The second-order valence-corrected chi connectivity index (χ2v) is 7.35. The van der Waals surface area contributed by atoms with Gasteiger partial charge < -0.3 is 9.73 Å². The highest BCUT2D eigenvalue weighted by Gasteiger charge is 2.51. The number of furan rings is 1. The van der Waals surface area contributed by atoms with Gasteiger partial charge in [-0.05, 0) is 37.5 Å². The lowest BCUT2D eigenvalue weighted by molar-refractivity contribution is -0.131. The number of amides is 3. The summed E-state index contributed by atoms with van der Waals surface area (Å²) in [5.74, 6) is -0.425. The Morgan fingerprint density at radius 3 is 2.50 bits per heavy atom. The molecule has 1 aromatic heterocycles. The first-order chi connectivity index (χ1) is 13.5. The molecule has 1 aliphatic heterocycles. The summed E-state index contributed by atoms with van der Waals surface area (Å²) in [4.78, 5) is 38.6. The molecule has 1 aliphatic rings. The molecular weight excluding hydrogens is 356 g/mol. The van der Waals surface area contributed by atoms with Gasteiger partial charge in [0.15, 0.2) is 11.3 Å². The molecule has 1 unspecified atom stereocenters. The number of imide groups is 1. The highest BCUT2D eigenvalue weighted by Crippen LogP contribution is 2.29. The Hall–Kier alpha value is -2.89. The number of urea groups is 1. The number of hydrogen-bond acceptors (Lipinski definition) is 4. The summed E-state index contributed by atoms with van der Waals surface area (Å²) < 4.78 is 5.29. The number of ketones is 1. The van der Waals surface area contributed by atoms with Gasteiger partial charge in [0.25, 0.3) is 5.91 Å². The van der Waals surface area contributed by atoms with E-state index in [0.717, 1.165) is 17.7 Å². The summed E-state index contributed by atoms with van der Waals surface area (Å²) in [7, 11) is 0. The minimum atomic E-state index is -1.29. The lowest BCUT2D eigenvalue weighted by Crippen LogP contribution is -2.41. The molecule has 6 heteroatoms. The Kier molecular flexibility index (Phi) is 5.97. The summed E-state index contributed by atoms with van der Waals surface area (Å²) in [5, 5.41) is 2.62. The molecule has 2 heterocycles. The van der Waals surface area contributed by atoms with Crippen LogP contribution in [0.3, 0.4) is 0 Å². The van der Waals surface area contributed by atoms with E-state index in [4.69, 9.17) is 4.42 Å². The fraction of sp³-hybridized carbons (Fsp3) is 0.409. The Morgan fingerprint density at radius 2 is 1.86 bits per heavy atom. The first kappa shape index (κ1) is 19.9. The van der Waals surface area contributed by atoms with Crippen LogP contribution in [0.1, 0.15) is 61.2 Å². The number of nitrogens with one attached hydrogen (secondary N) is 1. The van der Waals surface area contributed by atoms with Crippen LogP contribution < -0.4 is 5.32 Å². The van der Waals surface area contributed by atoms with Crippen LogP contribution in [0.4, 0.5) is 4.79 Å². The number of carbonyl (C=O) groups excluding carboxylic acids is 3. The lowest BCUT2D eigenvalue weighted by Gasteiger charge is -2.18. The normalized spacial score (nSPS) is 19.1. The maximum absolute atomic E-state index is 12.8. The highest BCUT2D eigenvalue weighted by molar-refractivity contribution is 6.11. The fourth-order valence-corrected chi connectivity index (χ4v) is 3.42. The number of carbonyl (C=O) groups is 3. The van der Waals surface area contributed by atoms with Crippen molar-refractivity contribution in [1.82, 2.24) is 10.2 Å². The zero-order valence-corrected chi connectivity index (χ0v) is 16.4. The van der Waals surface area contributed by atoms with Crippen molar-refractivity contribution in [2.45, 2.75) is 51.5 Å². The molecule has 148 valence electrons. The average molecular weight is 382 g/mol. The Balaban J connectivity index is 1.63. The SMILES string of the molecule is CCCCCCc1ccc(C(=O)CN2C(=O)NC(C)(c3ccco3)C2=O)cc1. The molecule has 0 spiro atoms. The van der Waals surface area contributed by atoms with Gasteiger partial charge in [-0.3, -0.25) is 14.5 Å². The van der Waals surface area contributed by atoms with Crippen molar-refractivity contribution >= 4 is 17.7 Å². The van der Waals surface area contributed by atoms with Gasteiger partial charge >= 0.3 is 6.03 Å². The molecule has 3 amide bonds. The summed E-state index contributed by atoms with van der Waals surface area (Å²) in [6, 6.07) is 10.1. The molecule has 3 rings (SSSR count). The molecule has 1 fully saturated rings. The molecule has 0 saturated carbocycles. The van der Waals surface area contributed by atoms with E-state index in [-0.39, 0.29) is 12.3 Å². The smallest absolute Gasteiger partial charge is 0.325 e.